The van der Waals surface area contributed by atoms with E-state index in [0.29, 0.717) is 21.4 Å². The fourth-order valence-electron chi connectivity index (χ4n) is 5.97. The number of nitrogens with zero attached hydrogens (tertiary/aromatic N) is 2. The fourth-order valence-corrected chi connectivity index (χ4v) is 6.33. The molecule has 0 N–H and O–H groups in total. The number of carbonyl (C=O) groups excluding carboxylic acids is 4. The number of hydrogen-bond donors (Lipinski definition) is 0. The van der Waals surface area contributed by atoms with Crippen LogP contribution >= 0.6 is 23.2 Å². The Kier molecular flexibility index (Phi) is 4.17. The maximum absolute atomic E-state index is 13.4. The van der Waals surface area contributed by atoms with E-state index in [-0.39, 0.29) is 23.6 Å². The number of amides is 4. The number of anilines is 2. The van der Waals surface area contributed by atoms with Gasteiger partial charge in [-0.1, -0.05) is 47.5 Å². The second kappa shape index (κ2) is 6.77. The van der Waals surface area contributed by atoms with Gasteiger partial charge in [-0.2, -0.15) is 0 Å². The average molecular weight is 467 g/mol. The first-order valence-corrected chi connectivity index (χ1v) is 11.1. The van der Waals surface area contributed by atoms with Gasteiger partial charge in [-0.05, 0) is 36.4 Å². The van der Waals surface area contributed by atoms with Crippen LogP contribution in [0.5, 0.6) is 0 Å². The lowest BCUT2D eigenvalue weighted by Crippen LogP contribution is -2.50. The molecule has 0 aromatic heterocycles. The predicted octanol–water partition coefficient (Wildman–Crippen LogP) is 3.72. The van der Waals surface area contributed by atoms with Gasteiger partial charge in [0.1, 0.15) is 0 Å². The van der Waals surface area contributed by atoms with Crippen molar-refractivity contribution >= 4 is 58.2 Å². The number of benzene rings is 2. The van der Waals surface area contributed by atoms with E-state index in [9.17, 15) is 19.2 Å². The van der Waals surface area contributed by atoms with Gasteiger partial charge in [-0.25, -0.2) is 9.80 Å². The first kappa shape index (κ1) is 19.7. The molecule has 0 spiro atoms. The fraction of sp³-hybridized carbons (Fsp3) is 0.250. The van der Waals surface area contributed by atoms with Crippen LogP contribution in [-0.4, -0.2) is 23.6 Å². The van der Waals surface area contributed by atoms with Crippen LogP contribution in [0.3, 0.4) is 0 Å². The van der Waals surface area contributed by atoms with E-state index in [0.717, 1.165) is 0 Å². The van der Waals surface area contributed by atoms with Gasteiger partial charge >= 0.3 is 0 Å². The lowest BCUT2D eigenvalue weighted by Gasteiger charge is -2.44. The van der Waals surface area contributed by atoms with Gasteiger partial charge in [-0.15, -0.1) is 0 Å². The summed E-state index contributed by atoms with van der Waals surface area (Å²) in [5, 5.41) is 0.830. The molecular weight excluding hydrogens is 451 g/mol. The highest BCUT2D eigenvalue weighted by molar-refractivity contribution is 6.32. The number of allylic oxidation sites excluding steroid dienone is 2. The number of imide groups is 2. The summed E-state index contributed by atoms with van der Waals surface area (Å²) in [4.78, 5) is 56.0. The Morgan fingerprint density at radius 1 is 0.562 bits per heavy atom. The molecule has 0 unspecified atom stereocenters. The van der Waals surface area contributed by atoms with Crippen LogP contribution in [-0.2, 0) is 19.2 Å². The van der Waals surface area contributed by atoms with E-state index in [1.54, 1.807) is 48.5 Å². The summed E-state index contributed by atoms with van der Waals surface area (Å²) >= 11 is 12.2. The molecule has 1 saturated carbocycles. The maximum Gasteiger partial charge on any atom is 0.238 e. The van der Waals surface area contributed by atoms with Crippen LogP contribution in [0.2, 0.25) is 10.0 Å². The molecule has 3 fully saturated rings. The molecule has 5 aliphatic rings. The largest absolute Gasteiger partial charge is 0.274 e. The van der Waals surface area contributed by atoms with Gasteiger partial charge in [0.15, 0.2) is 0 Å². The van der Waals surface area contributed by atoms with Crippen molar-refractivity contribution in [3.05, 3.63) is 70.7 Å². The van der Waals surface area contributed by atoms with Crippen molar-refractivity contribution in [3.63, 3.8) is 0 Å². The molecule has 4 amide bonds. The van der Waals surface area contributed by atoms with Crippen LogP contribution in [0.4, 0.5) is 11.4 Å². The van der Waals surface area contributed by atoms with Gasteiger partial charge < -0.3 is 0 Å². The third kappa shape index (κ3) is 2.48. The van der Waals surface area contributed by atoms with Crippen LogP contribution in [0.15, 0.2) is 60.7 Å². The Hall–Kier alpha value is -2.96. The topological polar surface area (TPSA) is 74.8 Å². The molecule has 6 nitrogen and oxygen atoms in total. The van der Waals surface area contributed by atoms with Crippen molar-refractivity contribution in [3.8, 4) is 0 Å². The van der Waals surface area contributed by atoms with E-state index in [2.05, 4.69) is 0 Å². The van der Waals surface area contributed by atoms with Gasteiger partial charge in [0.25, 0.3) is 0 Å². The highest BCUT2D eigenvalue weighted by Crippen LogP contribution is 2.58. The summed E-state index contributed by atoms with van der Waals surface area (Å²) in [6.45, 7) is 0. The molecule has 2 bridgehead atoms. The average Bonchev–Trinajstić information content (AvgIpc) is 3.21. The molecule has 2 aromatic carbocycles. The van der Waals surface area contributed by atoms with Crippen LogP contribution in [0.25, 0.3) is 0 Å². The number of halogens is 2. The molecule has 2 aliphatic heterocycles. The normalized spacial score (nSPS) is 32.7. The smallest absolute Gasteiger partial charge is 0.238 e. The Morgan fingerprint density at radius 3 is 1.22 bits per heavy atom. The van der Waals surface area contributed by atoms with E-state index in [4.69, 9.17) is 23.2 Å². The summed E-state index contributed by atoms with van der Waals surface area (Å²) in [6, 6.07) is 13.2. The van der Waals surface area contributed by atoms with Gasteiger partial charge in [-0.3, -0.25) is 19.2 Å². The molecule has 2 aromatic rings. The van der Waals surface area contributed by atoms with Gasteiger partial charge in [0.05, 0.1) is 35.0 Å². The van der Waals surface area contributed by atoms with Crippen molar-refractivity contribution in [2.75, 3.05) is 9.80 Å². The zero-order valence-corrected chi connectivity index (χ0v) is 18.0. The minimum atomic E-state index is -0.672. The Morgan fingerprint density at radius 2 is 0.906 bits per heavy atom. The number of carbonyl (C=O) groups is 4. The highest BCUT2D eigenvalue weighted by atomic mass is 35.5. The molecule has 4 atom stereocenters. The minimum Gasteiger partial charge on any atom is -0.274 e. The molecule has 2 saturated heterocycles. The lowest BCUT2D eigenvalue weighted by molar-refractivity contribution is -0.137. The second-order valence-corrected chi connectivity index (χ2v) is 9.50. The summed E-state index contributed by atoms with van der Waals surface area (Å²) in [5.74, 6) is -5.11. The van der Waals surface area contributed by atoms with Crippen LogP contribution in [0.1, 0.15) is 0 Å². The highest BCUT2D eigenvalue weighted by Gasteiger charge is 2.68. The lowest BCUT2D eigenvalue weighted by atomic mass is 9.54. The van der Waals surface area contributed by atoms with Crippen LogP contribution in [0, 0.1) is 35.5 Å². The first-order valence-electron chi connectivity index (χ1n) is 10.3. The standard InChI is InChI=1S/C24H16Cl2N2O4/c25-11-3-1-5-13(9-11)27-21(29)17-15-7-8-16(18(17)22(27)30)20-19(15)23(31)28(24(20)32)14-6-2-4-12(26)10-14/h1-10,15-20H/t15?,16?,17-,18+,19-,20+. The minimum absolute atomic E-state index is 0.346. The van der Waals surface area contributed by atoms with E-state index in [1.807, 2.05) is 12.2 Å². The third-order valence-corrected chi connectivity index (χ3v) is 7.61. The number of hydrogen-bond acceptors (Lipinski definition) is 4. The van der Waals surface area contributed by atoms with E-state index < -0.39 is 35.5 Å². The maximum atomic E-state index is 13.4. The van der Waals surface area contributed by atoms with Crippen molar-refractivity contribution < 1.29 is 19.2 Å². The second-order valence-electron chi connectivity index (χ2n) is 8.63. The van der Waals surface area contributed by atoms with Gasteiger partial charge in [0, 0.05) is 21.9 Å². The van der Waals surface area contributed by atoms with Crippen molar-refractivity contribution in [1.29, 1.82) is 0 Å². The number of rotatable bonds is 2. The Bertz CT molecular complexity index is 1120. The quantitative estimate of drug-likeness (QED) is 0.499. The monoisotopic (exact) mass is 466 g/mol. The van der Waals surface area contributed by atoms with Crippen molar-refractivity contribution in [2.45, 2.75) is 0 Å². The molecular formula is C24H16Cl2N2O4. The zero-order valence-electron chi connectivity index (χ0n) is 16.5. The van der Waals surface area contributed by atoms with Crippen molar-refractivity contribution in [1.82, 2.24) is 0 Å². The third-order valence-electron chi connectivity index (χ3n) is 7.14. The van der Waals surface area contributed by atoms with E-state index in [1.165, 1.54) is 9.80 Å². The van der Waals surface area contributed by atoms with E-state index >= 15 is 0 Å². The Balaban J connectivity index is 1.41. The molecule has 32 heavy (non-hydrogen) atoms. The molecule has 8 heteroatoms. The molecule has 2 heterocycles. The summed E-state index contributed by atoms with van der Waals surface area (Å²) in [7, 11) is 0. The van der Waals surface area contributed by atoms with Crippen LogP contribution < -0.4 is 9.80 Å². The summed E-state index contributed by atoms with van der Waals surface area (Å²) < 4.78 is 0. The molecule has 160 valence electrons. The summed E-state index contributed by atoms with van der Waals surface area (Å²) in [6.07, 6.45) is 3.68. The SMILES string of the molecule is O=C1[C@@H]2C3C=CC([C@@H]2C(=O)N1c1cccc(Cl)c1)[C@@H]1C(=O)N(c2cccc(Cl)c2)C(=O)[C@H]31. The predicted molar refractivity (Wildman–Crippen MR) is 118 cm³/mol. The zero-order chi connectivity index (χ0) is 22.3. The molecule has 0 radical (unpaired) electrons. The van der Waals surface area contributed by atoms with Crippen molar-refractivity contribution in [2.24, 2.45) is 35.5 Å². The molecule has 7 rings (SSSR count). The van der Waals surface area contributed by atoms with Gasteiger partial charge in [0.2, 0.25) is 23.6 Å². The summed E-state index contributed by atoms with van der Waals surface area (Å²) in [5.41, 5.74) is 0.814. The first-order chi connectivity index (χ1) is 15.4. The molecule has 3 aliphatic carbocycles. The Labute approximate surface area is 193 Å².